The van der Waals surface area contributed by atoms with Crippen LogP contribution in [0.25, 0.3) is 10.9 Å². The molecule has 0 amide bonds. The summed E-state index contributed by atoms with van der Waals surface area (Å²) in [5, 5.41) is 11.7. The van der Waals surface area contributed by atoms with Gasteiger partial charge < -0.3 is 19.7 Å². The zero-order chi connectivity index (χ0) is 21.8. The lowest BCUT2D eigenvalue weighted by molar-refractivity contribution is 0.0546. The van der Waals surface area contributed by atoms with Crippen molar-refractivity contribution in [3.05, 3.63) is 102 Å². The van der Waals surface area contributed by atoms with E-state index in [0.717, 1.165) is 42.6 Å². The number of ether oxygens (including phenoxy) is 1. The van der Waals surface area contributed by atoms with E-state index in [2.05, 4.69) is 70.5 Å². The fraction of sp³-hybridized carbons (Fsp3) is 0.286. The number of aromatic nitrogens is 1. The number of aliphatic hydroxyl groups excluding tert-OH is 1. The third-order valence-electron chi connectivity index (χ3n) is 6.82. The molecule has 5 rings (SSSR count). The van der Waals surface area contributed by atoms with Gasteiger partial charge in [0.15, 0.2) is 0 Å². The minimum atomic E-state index is -0.523. The summed E-state index contributed by atoms with van der Waals surface area (Å²) in [7, 11) is 0. The Morgan fingerprint density at radius 2 is 1.50 bits per heavy atom. The van der Waals surface area contributed by atoms with Gasteiger partial charge in [0.25, 0.3) is 0 Å². The van der Waals surface area contributed by atoms with E-state index in [-0.39, 0.29) is 5.41 Å². The van der Waals surface area contributed by atoms with Gasteiger partial charge in [0.1, 0.15) is 18.5 Å². The molecule has 4 aromatic rings. The van der Waals surface area contributed by atoms with Gasteiger partial charge in [-0.1, -0.05) is 66.7 Å². The van der Waals surface area contributed by atoms with E-state index in [4.69, 9.17) is 4.74 Å². The number of piperidine rings is 1. The van der Waals surface area contributed by atoms with Crippen LogP contribution in [0.5, 0.6) is 5.75 Å². The minimum Gasteiger partial charge on any atom is -0.490 e. The highest BCUT2D eigenvalue weighted by Crippen LogP contribution is 2.41. The van der Waals surface area contributed by atoms with Gasteiger partial charge in [0.05, 0.1) is 0 Å². The van der Waals surface area contributed by atoms with Crippen LogP contribution in [0.4, 0.5) is 0 Å². The molecule has 1 fully saturated rings. The number of hydrogen-bond acceptors (Lipinski definition) is 3. The van der Waals surface area contributed by atoms with Crippen LogP contribution >= 0.6 is 0 Å². The van der Waals surface area contributed by atoms with Crippen LogP contribution in [0.15, 0.2) is 91.1 Å². The van der Waals surface area contributed by atoms with Crippen molar-refractivity contribution in [1.29, 1.82) is 0 Å². The molecular weight excluding hydrogens is 396 g/mol. The van der Waals surface area contributed by atoms with Gasteiger partial charge in [-0.05, 0) is 55.3 Å². The van der Waals surface area contributed by atoms with Crippen LogP contribution in [-0.2, 0) is 5.41 Å². The predicted molar refractivity (Wildman–Crippen MR) is 129 cm³/mol. The molecule has 2 heterocycles. The second-order valence-corrected chi connectivity index (χ2v) is 8.77. The summed E-state index contributed by atoms with van der Waals surface area (Å²) >= 11 is 0. The maximum Gasteiger partial charge on any atom is 0.128 e. The lowest BCUT2D eigenvalue weighted by Crippen LogP contribution is -2.46. The van der Waals surface area contributed by atoms with E-state index in [9.17, 15) is 5.11 Å². The van der Waals surface area contributed by atoms with Gasteiger partial charge in [-0.15, -0.1) is 0 Å². The molecule has 4 heteroatoms. The van der Waals surface area contributed by atoms with Crippen molar-refractivity contribution in [2.45, 2.75) is 24.4 Å². The molecule has 1 atom stereocenters. The van der Waals surface area contributed by atoms with E-state index < -0.39 is 6.10 Å². The van der Waals surface area contributed by atoms with E-state index in [1.54, 1.807) is 0 Å². The van der Waals surface area contributed by atoms with Crippen molar-refractivity contribution >= 4 is 10.9 Å². The molecular formula is C28H30N2O2. The van der Waals surface area contributed by atoms with Gasteiger partial charge in [-0.25, -0.2) is 0 Å². The number of aromatic amines is 1. The first kappa shape index (κ1) is 20.8. The van der Waals surface area contributed by atoms with Crippen molar-refractivity contribution < 1.29 is 9.84 Å². The summed E-state index contributed by atoms with van der Waals surface area (Å²) < 4.78 is 5.96. The number of fused-ring (bicyclic) bond motifs is 1. The Bertz CT molecular complexity index is 1090. The molecule has 2 N–H and O–H groups in total. The van der Waals surface area contributed by atoms with Gasteiger partial charge in [-0.3, -0.25) is 0 Å². The van der Waals surface area contributed by atoms with E-state index in [1.165, 1.54) is 11.1 Å². The lowest BCUT2D eigenvalue weighted by Gasteiger charge is -2.43. The number of hydrogen-bond donors (Lipinski definition) is 2. The van der Waals surface area contributed by atoms with Crippen LogP contribution in [-0.4, -0.2) is 47.3 Å². The predicted octanol–water partition coefficient (Wildman–Crippen LogP) is 4.99. The molecule has 4 nitrogen and oxygen atoms in total. The number of nitrogens with zero attached hydrogens (tertiary/aromatic N) is 1. The standard InChI is InChI=1S/C28H30N2O2/c31-24(21-32-27-13-7-12-26-25(27)14-17-29-26)20-30-18-15-28(16-19-30,22-8-3-1-4-9-22)23-10-5-2-6-11-23/h1-14,17,24,29,31H,15-16,18-21H2/t24-/m0/s1. The van der Waals surface area contributed by atoms with Crippen molar-refractivity contribution in [1.82, 2.24) is 9.88 Å². The van der Waals surface area contributed by atoms with Crippen LogP contribution < -0.4 is 4.74 Å². The molecule has 3 aromatic carbocycles. The Morgan fingerprint density at radius 3 is 2.16 bits per heavy atom. The molecule has 32 heavy (non-hydrogen) atoms. The fourth-order valence-corrected chi connectivity index (χ4v) is 5.09. The van der Waals surface area contributed by atoms with Gasteiger partial charge in [0.2, 0.25) is 0 Å². The SMILES string of the molecule is O[C@H](COc1cccc2[nH]ccc12)CN1CCC(c2ccccc2)(c2ccccc2)CC1. The monoisotopic (exact) mass is 426 g/mol. The summed E-state index contributed by atoms with van der Waals surface area (Å²) in [6, 6.07) is 29.7. The Morgan fingerprint density at radius 1 is 0.844 bits per heavy atom. The Balaban J connectivity index is 1.23. The van der Waals surface area contributed by atoms with Crippen molar-refractivity contribution in [3.8, 4) is 5.75 Å². The second kappa shape index (κ2) is 9.19. The molecule has 0 radical (unpaired) electrons. The van der Waals surface area contributed by atoms with E-state index in [0.29, 0.717) is 13.2 Å². The average Bonchev–Trinajstić information content (AvgIpc) is 3.34. The molecule has 1 aliphatic heterocycles. The summed E-state index contributed by atoms with van der Waals surface area (Å²) in [4.78, 5) is 5.57. The molecule has 1 saturated heterocycles. The number of likely N-dealkylation sites (tertiary alicyclic amines) is 1. The summed E-state index contributed by atoms with van der Waals surface area (Å²) in [6.07, 6.45) is 3.47. The minimum absolute atomic E-state index is 0.0321. The molecule has 1 aromatic heterocycles. The number of H-pyrrole nitrogens is 1. The first-order valence-electron chi connectivity index (χ1n) is 11.4. The summed E-state index contributed by atoms with van der Waals surface area (Å²) in [5.74, 6) is 0.814. The summed E-state index contributed by atoms with van der Waals surface area (Å²) in [6.45, 7) is 2.83. The molecule has 0 spiro atoms. The molecule has 0 unspecified atom stereocenters. The highest BCUT2D eigenvalue weighted by molar-refractivity contribution is 5.85. The lowest BCUT2D eigenvalue weighted by atomic mass is 9.68. The maximum atomic E-state index is 10.7. The Labute approximate surface area is 189 Å². The summed E-state index contributed by atoms with van der Waals surface area (Å²) in [5.41, 5.74) is 3.85. The normalized spacial score (nSPS) is 17.3. The number of β-amino-alcohol motifs (C(OH)–C–C–N with tert-alkyl or cyclic N) is 1. The first-order chi connectivity index (χ1) is 15.7. The number of benzene rings is 3. The first-order valence-corrected chi connectivity index (χ1v) is 11.4. The smallest absolute Gasteiger partial charge is 0.128 e. The Kier molecular flexibility index (Phi) is 5.97. The quantitative estimate of drug-likeness (QED) is 0.438. The largest absolute Gasteiger partial charge is 0.490 e. The molecule has 0 bridgehead atoms. The van der Waals surface area contributed by atoms with E-state index in [1.807, 2.05) is 30.5 Å². The van der Waals surface area contributed by atoms with Crippen LogP contribution in [0.3, 0.4) is 0 Å². The number of aliphatic hydroxyl groups is 1. The number of rotatable bonds is 7. The Hall–Kier alpha value is -3.08. The van der Waals surface area contributed by atoms with E-state index >= 15 is 0 Å². The number of nitrogens with one attached hydrogen (secondary N) is 1. The zero-order valence-electron chi connectivity index (χ0n) is 18.3. The third kappa shape index (κ3) is 4.16. The van der Waals surface area contributed by atoms with Gasteiger partial charge >= 0.3 is 0 Å². The topological polar surface area (TPSA) is 48.5 Å². The molecule has 1 aliphatic rings. The van der Waals surface area contributed by atoms with Crippen molar-refractivity contribution in [2.75, 3.05) is 26.2 Å². The van der Waals surface area contributed by atoms with Crippen LogP contribution in [0, 0.1) is 0 Å². The molecule has 0 aliphatic carbocycles. The highest BCUT2D eigenvalue weighted by atomic mass is 16.5. The zero-order valence-corrected chi connectivity index (χ0v) is 18.3. The van der Waals surface area contributed by atoms with Crippen LogP contribution in [0.2, 0.25) is 0 Å². The third-order valence-corrected chi connectivity index (χ3v) is 6.82. The van der Waals surface area contributed by atoms with Crippen molar-refractivity contribution in [3.63, 3.8) is 0 Å². The molecule has 0 saturated carbocycles. The highest BCUT2D eigenvalue weighted by Gasteiger charge is 2.37. The van der Waals surface area contributed by atoms with Crippen molar-refractivity contribution in [2.24, 2.45) is 0 Å². The molecule has 164 valence electrons. The average molecular weight is 427 g/mol. The van der Waals surface area contributed by atoms with Gasteiger partial charge in [0, 0.05) is 29.1 Å². The fourth-order valence-electron chi connectivity index (χ4n) is 5.09. The second-order valence-electron chi connectivity index (χ2n) is 8.77. The maximum absolute atomic E-state index is 10.7. The van der Waals surface area contributed by atoms with Gasteiger partial charge in [-0.2, -0.15) is 0 Å². The van der Waals surface area contributed by atoms with Crippen LogP contribution in [0.1, 0.15) is 24.0 Å².